The third-order valence-electron chi connectivity index (χ3n) is 4.52. The lowest BCUT2D eigenvalue weighted by Gasteiger charge is -2.23. The van der Waals surface area contributed by atoms with Gasteiger partial charge in [-0.15, -0.1) is 0 Å². The van der Waals surface area contributed by atoms with Crippen LogP contribution in [0.3, 0.4) is 0 Å². The van der Waals surface area contributed by atoms with E-state index in [0.717, 1.165) is 31.5 Å². The third-order valence-corrected chi connectivity index (χ3v) is 5.26. The van der Waals surface area contributed by atoms with Crippen LogP contribution in [0, 0.1) is 11.8 Å². The molecule has 1 aromatic carbocycles. The van der Waals surface area contributed by atoms with Gasteiger partial charge in [-0.05, 0) is 61.3 Å². The van der Waals surface area contributed by atoms with Crippen LogP contribution in [0.4, 0.5) is 0 Å². The van der Waals surface area contributed by atoms with Crippen LogP contribution in [0.15, 0.2) is 22.7 Å². The minimum Gasteiger partial charge on any atom is -0.313 e. The molecule has 2 aliphatic rings. The molecule has 0 heterocycles. The Kier molecular flexibility index (Phi) is 5.36. The summed E-state index contributed by atoms with van der Waals surface area (Å²) < 4.78 is 1.27. The minimum atomic E-state index is 0.962. The van der Waals surface area contributed by atoms with Crippen LogP contribution in [0.25, 0.3) is 0 Å². The summed E-state index contributed by atoms with van der Waals surface area (Å²) in [5.41, 5.74) is 2.81. The van der Waals surface area contributed by atoms with Gasteiger partial charge >= 0.3 is 0 Å². The normalized spacial score (nSPS) is 18.4. The number of rotatable bonds is 9. The number of hydrogen-bond donors (Lipinski definition) is 1. The second-order valence-corrected chi connectivity index (χ2v) is 7.64. The molecule has 0 amide bonds. The van der Waals surface area contributed by atoms with Crippen LogP contribution in [-0.2, 0) is 13.1 Å². The topological polar surface area (TPSA) is 15.3 Å². The zero-order chi connectivity index (χ0) is 14.7. The average molecular weight is 351 g/mol. The molecule has 21 heavy (non-hydrogen) atoms. The first-order chi connectivity index (χ1) is 10.2. The highest BCUT2D eigenvalue weighted by Crippen LogP contribution is 2.34. The maximum absolute atomic E-state index is 3.78. The molecule has 0 atom stereocenters. The van der Waals surface area contributed by atoms with Crippen LogP contribution >= 0.6 is 15.9 Å². The van der Waals surface area contributed by atoms with Crippen molar-refractivity contribution in [1.82, 2.24) is 10.2 Å². The van der Waals surface area contributed by atoms with E-state index >= 15 is 0 Å². The zero-order valence-electron chi connectivity index (χ0n) is 13.1. The van der Waals surface area contributed by atoms with Crippen molar-refractivity contribution in [2.24, 2.45) is 11.8 Å². The molecule has 0 aliphatic heterocycles. The Hall–Kier alpha value is -0.380. The van der Waals surface area contributed by atoms with Gasteiger partial charge in [-0.25, -0.2) is 0 Å². The monoisotopic (exact) mass is 350 g/mol. The van der Waals surface area contributed by atoms with E-state index in [2.05, 4.69) is 51.3 Å². The molecule has 1 N–H and O–H groups in total. The maximum atomic E-state index is 3.78. The number of nitrogens with zero attached hydrogens (tertiary/aromatic N) is 1. The highest BCUT2D eigenvalue weighted by atomic mass is 79.9. The maximum Gasteiger partial charge on any atom is 0.0245 e. The Labute approximate surface area is 137 Å². The van der Waals surface area contributed by atoms with Crippen molar-refractivity contribution in [3.05, 3.63) is 33.8 Å². The van der Waals surface area contributed by atoms with Crippen molar-refractivity contribution in [3.63, 3.8) is 0 Å². The van der Waals surface area contributed by atoms with Gasteiger partial charge in [0.1, 0.15) is 0 Å². The largest absolute Gasteiger partial charge is 0.313 e. The standard InChI is InChI=1S/C18H27BrN2/c1-2-20-10-16-7-8-17(18(19)9-16)13-21(11-14-3-4-14)12-15-5-6-15/h7-9,14-15,20H,2-6,10-13H2,1H3. The molecule has 0 aromatic heterocycles. The molecular formula is C18H27BrN2. The number of hydrogen-bond acceptors (Lipinski definition) is 2. The molecule has 2 saturated carbocycles. The van der Waals surface area contributed by atoms with Gasteiger partial charge in [0.15, 0.2) is 0 Å². The Balaban J connectivity index is 1.60. The summed E-state index contributed by atoms with van der Waals surface area (Å²) in [5, 5.41) is 3.39. The van der Waals surface area contributed by atoms with E-state index < -0.39 is 0 Å². The van der Waals surface area contributed by atoms with Crippen molar-refractivity contribution < 1.29 is 0 Å². The van der Waals surface area contributed by atoms with Gasteiger partial charge in [-0.1, -0.05) is 35.0 Å². The Morgan fingerprint density at radius 2 is 1.81 bits per heavy atom. The summed E-state index contributed by atoms with van der Waals surface area (Å²) in [5.74, 6) is 1.96. The third kappa shape index (κ3) is 5.08. The van der Waals surface area contributed by atoms with E-state index in [1.807, 2.05) is 0 Å². The van der Waals surface area contributed by atoms with Crippen molar-refractivity contribution in [3.8, 4) is 0 Å². The molecule has 1 aromatic rings. The smallest absolute Gasteiger partial charge is 0.0245 e. The van der Waals surface area contributed by atoms with Crippen molar-refractivity contribution in [2.75, 3.05) is 19.6 Å². The summed E-state index contributed by atoms with van der Waals surface area (Å²) in [7, 11) is 0. The van der Waals surface area contributed by atoms with Crippen LogP contribution in [0.2, 0.25) is 0 Å². The summed E-state index contributed by atoms with van der Waals surface area (Å²) in [4.78, 5) is 2.69. The summed E-state index contributed by atoms with van der Waals surface area (Å²) >= 11 is 3.78. The summed E-state index contributed by atoms with van der Waals surface area (Å²) in [6, 6.07) is 6.86. The zero-order valence-corrected chi connectivity index (χ0v) is 14.7. The molecule has 0 spiro atoms. The molecule has 3 heteroatoms. The van der Waals surface area contributed by atoms with Gasteiger partial charge in [-0.3, -0.25) is 4.90 Å². The molecule has 0 radical (unpaired) electrons. The molecule has 3 rings (SSSR count). The lowest BCUT2D eigenvalue weighted by atomic mass is 10.1. The predicted molar refractivity (Wildman–Crippen MR) is 92.2 cm³/mol. The lowest BCUT2D eigenvalue weighted by Crippen LogP contribution is -2.28. The number of nitrogens with one attached hydrogen (secondary N) is 1. The first-order valence-corrected chi connectivity index (χ1v) is 9.24. The summed E-state index contributed by atoms with van der Waals surface area (Å²) in [6.07, 6.45) is 5.79. The molecule has 2 fully saturated rings. The Morgan fingerprint density at radius 3 is 2.33 bits per heavy atom. The molecule has 2 nitrogen and oxygen atoms in total. The van der Waals surface area contributed by atoms with Gasteiger partial charge in [0.05, 0.1) is 0 Å². The Morgan fingerprint density at radius 1 is 1.14 bits per heavy atom. The van der Waals surface area contributed by atoms with Crippen molar-refractivity contribution in [1.29, 1.82) is 0 Å². The van der Waals surface area contributed by atoms with Gasteiger partial charge in [-0.2, -0.15) is 0 Å². The van der Waals surface area contributed by atoms with Gasteiger partial charge in [0, 0.05) is 30.7 Å². The van der Waals surface area contributed by atoms with E-state index in [1.165, 1.54) is 54.4 Å². The Bertz CT molecular complexity index is 452. The summed E-state index contributed by atoms with van der Waals surface area (Å²) in [6.45, 7) is 7.86. The molecule has 2 aliphatic carbocycles. The van der Waals surface area contributed by atoms with Gasteiger partial charge in [0.25, 0.3) is 0 Å². The SMILES string of the molecule is CCNCc1ccc(CN(CC2CC2)CC2CC2)c(Br)c1. The number of benzene rings is 1. The van der Waals surface area contributed by atoms with E-state index in [9.17, 15) is 0 Å². The fourth-order valence-electron chi connectivity index (χ4n) is 2.87. The van der Waals surface area contributed by atoms with Crippen molar-refractivity contribution in [2.45, 2.75) is 45.7 Å². The minimum absolute atomic E-state index is 0.962. The molecule has 0 bridgehead atoms. The average Bonchev–Trinajstić information content (AvgIpc) is 3.35. The van der Waals surface area contributed by atoms with Gasteiger partial charge in [0.2, 0.25) is 0 Å². The first-order valence-electron chi connectivity index (χ1n) is 8.45. The van der Waals surface area contributed by atoms with Gasteiger partial charge < -0.3 is 5.32 Å². The predicted octanol–water partition coefficient (Wildman–Crippen LogP) is 4.18. The highest BCUT2D eigenvalue weighted by molar-refractivity contribution is 9.10. The van der Waals surface area contributed by atoms with E-state index in [-0.39, 0.29) is 0 Å². The highest BCUT2D eigenvalue weighted by Gasteiger charge is 2.29. The second-order valence-electron chi connectivity index (χ2n) is 6.79. The second kappa shape index (κ2) is 7.26. The van der Waals surface area contributed by atoms with Crippen LogP contribution in [0.1, 0.15) is 43.7 Å². The van der Waals surface area contributed by atoms with E-state index in [4.69, 9.17) is 0 Å². The lowest BCUT2D eigenvalue weighted by molar-refractivity contribution is 0.244. The number of halogens is 1. The van der Waals surface area contributed by atoms with Crippen LogP contribution in [-0.4, -0.2) is 24.5 Å². The fourth-order valence-corrected chi connectivity index (χ4v) is 3.43. The van der Waals surface area contributed by atoms with Crippen molar-refractivity contribution >= 4 is 15.9 Å². The fraction of sp³-hybridized carbons (Fsp3) is 0.667. The molecule has 0 saturated heterocycles. The van der Waals surface area contributed by atoms with E-state index in [1.54, 1.807) is 0 Å². The molecular weight excluding hydrogens is 324 g/mol. The van der Waals surface area contributed by atoms with Crippen LogP contribution < -0.4 is 5.32 Å². The quantitative estimate of drug-likeness (QED) is 0.718. The van der Waals surface area contributed by atoms with Crippen LogP contribution in [0.5, 0.6) is 0 Å². The van der Waals surface area contributed by atoms with E-state index in [0.29, 0.717) is 0 Å². The first kappa shape index (κ1) is 15.5. The molecule has 116 valence electrons. The molecule has 0 unspecified atom stereocenters.